The molecule has 1 fully saturated rings. The fourth-order valence-electron chi connectivity index (χ4n) is 2.09. The van der Waals surface area contributed by atoms with E-state index in [9.17, 15) is 23.1 Å². The second kappa shape index (κ2) is 6.13. The summed E-state index contributed by atoms with van der Waals surface area (Å²) in [5.74, 6) is -0.383. The summed E-state index contributed by atoms with van der Waals surface area (Å²) in [5.41, 5.74) is -0.896. The Kier molecular flexibility index (Phi) is 4.62. The van der Waals surface area contributed by atoms with E-state index in [2.05, 4.69) is 10.6 Å². The van der Waals surface area contributed by atoms with Gasteiger partial charge in [0.05, 0.1) is 42.2 Å². The Morgan fingerprint density at radius 3 is 2.50 bits per heavy atom. The van der Waals surface area contributed by atoms with E-state index in [0.29, 0.717) is 13.2 Å². The topological polar surface area (TPSA) is 70.6 Å². The average Bonchev–Trinajstić information content (AvgIpc) is 2.37. The third-order valence-corrected chi connectivity index (χ3v) is 3.46. The number of nitrogens with one attached hydrogen (secondary N) is 2. The minimum absolute atomic E-state index is 0.131. The van der Waals surface area contributed by atoms with Crippen LogP contribution in [0.15, 0.2) is 18.2 Å². The maximum atomic E-state index is 12.8. The highest BCUT2D eigenvalue weighted by atomic mass is 19.4. The van der Waals surface area contributed by atoms with E-state index >= 15 is 0 Å². The molecule has 5 nitrogen and oxygen atoms in total. The van der Waals surface area contributed by atoms with Crippen molar-refractivity contribution in [2.24, 2.45) is 5.41 Å². The zero-order valence-corrected chi connectivity index (χ0v) is 12.0. The first-order valence-electron chi connectivity index (χ1n) is 6.67. The second-order valence-electron chi connectivity index (χ2n) is 5.44. The molecule has 1 aromatic rings. The number of benzene rings is 1. The first-order valence-corrected chi connectivity index (χ1v) is 6.67. The van der Waals surface area contributed by atoms with Crippen molar-refractivity contribution in [2.45, 2.75) is 13.1 Å². The quantitative estimate of drug-likeness (QED) is 0.777. The summed E-state index contributed by atoms with van der Waals surface area (Å²) in [6.45, 7) is 2.07. The lowest BCUT2D eigenvalue weighted by Crippen LogP contribution is -2.50. The van der Waals surface area contributed by atoms with Gasteiger partial charge < -0.3 is 20.5 Å². The number of rotatable bonds is 5. The normalized spacial score (nSPS) is 16.8. The van der Waals surface area contributed by atoms with Crippen LogP contribution in [0.2, 0.25) is 0 Å². The average molecular weight is 318 g/mol. The molecular formula is C14H17F3N2O3. The van der Waals surface area contributed by atoms with Crippen LogP contribution in [0.1, 0.15) is 12.5 Å². The van der Waals surface area contributed by atoms with Crippen LogP contribution in [0.25, 0.3) is 0 Å². The van der Waals surface area contributed by atoms with Crippen molar-refractivity contribution in [1.82, 2.24) is 0 Å². The lowest BCUT2D eigenvalue weighted by molar-refractivity contribution is -0.137. The number of hydrogen-bond donors (Lipinski definition) is 3. The van der Waals surface area contributed by atoms with Crippen molar-refractivity contribution in [1.29, 1.82) is 0 Å². The Hall–Kier alpha value is -1.80. The van der Waals surface area contributed by atoms with Crippen LogP contribution in [-0.4, -0.2) is 37.4 Å². The molecule has 0 bridgehead atoms. The number of carbonyl (C=O) groups is 1. The van der Waals surface area contributed by atoms with Crippen LogP contribution in [0.3, 0.4) is 0 Å². The van der Waals surface area contributed by atoms with Gasteiger partial charge in [0.15, 0.2) is 0 Å². The minimum atomic E-state index is -4.47. The zero-order chi connectivity index (χ0) is 16.4. The lowest BCUT2D eigenvalue weighted by Gasteiger charge is -2.40. The number of halogens is 3. The minimum Gasteiger partial charge on any atom is -0.396 e. The summed E-state index contributed by atoms with van der Waals surface area (Å²) in [7, 11) is 0. The van der Waals surface area contributed by atoms with Crippen LogP contribution in [0.4, 0.5) is 24.5 Å². The molecule has 1 aromatic carbocycles. The van der Waals surface area contributed by atoms with Crippen LogP contribution in [0, 0.1) is 5.41 Å². The van der Waals surface area contributed by atoms with Gasteiger partial charge in [0.2, 0.25) is 5.91 Å². The van der Waals surface area contributed by atoms with E-state index in [-0.39, 0.29) is 30.4 Å². The summed E-state index contributed by atoms with van der Waals surface area (Å²) in [6, 6.07) is 3.05. The van der Waals surface area contributed by atoms with Gasteiger partial charge in [-0.3, -0.25) is 4.79 Å². The molecule has 0 unspecified atom stereocenters. The third kappa shape index (κ3) is 3.69. The molecular weight excluding hydrogens is 301 g/mol. The molecule has 1 heterocycles. The van der Waals surface area contributed by atoms with Crippen molar-refractivity contribution in [3.05, 3.63) is 23.8 Å². The molecule has 122 valence electrons. The Balaban J connectivity index is 2.22. The molecule has 0 radical (unpaired) electrons. The Bertz CT molecular complexity index is 551. The van der Waals surface area contributed by atoms with Crippen LogP contribution < -0.4 is 10.6 Å². The van der Waals surface area contributed by atoms with Crippen LogP contribution >= 0.6 is 0 Å². The molecule has 22 heavy (non-hydrogen) atoms. The first kappa shape index (κ1) is 16.6. The number of anilines is 2. The maximum absolute atomic E-state index is 12.8. The van der Waals surface area contributed by atoms with Crippen molar-refractivity contribution in [3.8, 4) is 0 Å². The molecule has 2 rings (SSSR count). The highest BCUT2D eigenvalue weighted by Gasteiger charge is 2.38. The molecule has 3 N–H and O–H groups in total. The number of aliphatic hydroxyl groups excluding tert-OH is 1. The molecule has 0 aliphatic carbocycles. The molecule has 1 aliphatic rings. The summed E-state index contributed by atoms with van der Waals surface area (Å²) in [4.78, 5) is 11.2. The molecule has 0 saturated carbocycles. The summed E-state index contributed by atoms with van der Waals surface area (Å²) in [6.07, 6.45) is -4.47. The number of carbonyl (C=O) groups excluding carboxylic acids is 1. The zero-order valence-electron chi connectivity index (χ0n) is 12.0. The van der Waals surface area contributed by atoms with Gasteiger partial charge in [-0.1, -0.05) is 0 Å². The smallest absolute Gasteiger partial charge is 0.396 e. The number of amides is 1. The van der Waals surface area contributed by atoms with E-state index in [1.54, 1.807) is 0 Å². The standard InChI is InChI=1S/C14H17F3N2O3/c1-9(21)19-11-3-2-10(14(15,16)17)4-12(11)18-5-13(6-20)7-22-8-13/h2-4,18,20H,5-8H2,1H3,(H,19,21). The highest BCUT2D eigenvalue weighted by molar-refractivity contribution is 5.92. The Labute approximate surface area is 125 Å². The fraction of sp³-hybridized carbons (Fsp3) is 0.500. The van der Waals surface area contributed by atoms with Crippen LogP contribution in [-0.2, 0) is 15.7 Å². The van der Waals surface area contributed by atoms with Crippen molar-refractivity contribution in [3.63, 3.8) is 0 Å². The highest BCUT2D eigenvalue weighted by Crippen LogP contribution is 2.35. The van der Waals surface area contributed by atoms with E-state index in [1.165, 1.54) is 13.0 Å². The summed E-state index contributed by atoms with van der Waals surface area (Å²) >= 11 is 0. The number of ether oxygens (including phenoxy) is 1. The summed E-state index contributed by atoms with van der Waals surface area (Å²) < 4.78 is 43.5. The van der Waals surface area contributed by atoms with Gasteiger partial charge in [0, 0.05) is 13.5 Å². The molecule has 0 atom stereocenters. The van der Waals surface area contributed by atoms with Gasteiger partial charge in [0.25, 0.3) is 0 Å². The van der Waals surface area contributed by atoms with E-state index in [4.69, 9.17) is 4.74 Å². The molecule has 1 amide bonds. The molecule has 0 aromatic heterocycles. The maximum Gasteiger partial charge on any atom is 0.416 e. The Morgan fingerprint density at radius 1 is 1.36 bits per heavy atom. The second-order valence-corrected chi connectivity index (χ2v) is 5.44. The van der Waals surface area contributed by atoms with Gasteiger partial charge in [-0.15, -0.1) is 0 Å². The van der Waals surface area contributed by atoms with Crippen molar-refractivity contribution in [2.75, 3.05) is 37.0 Å². The van der Waals surface area contributed by atoms with Gasteiger partial charge >= 0.3 is 6.18 Å². The van der Waals surface area contributed by atoms with E-state index in [0.717, 1.165) is 12.1 Å². The number of hydrogen-bond acceptors (Lipinski definition) is 4. The van der Waals surface area contributed by atoms with Gasteiger partial charge in [-0.05, 0) is 18.2 Å². The predicted octanol–water partition coefficient (Wildman–Crippen LogP) is 2.08. The van der Waals surface area contributed by atoms with E-state index in [1.807, 2.05) is 0 Å². The SMILES string of the molecule is CC(=O)Nc1ccc(C(F)(F)F)cc1NCC1(CO)COC1. The van der Waals surface area contributed by atoms with Gasteiger partial charge in [-0.25, -0.2) is 0 Å². The fourth-order valence-corrected chi connectivity index (χ4v) is 2.09. The van der Waals surface area contributed by atoms with E-state index < -0.39 is 17.2 Å². The Morgan fingerprint density at radius 2 is 2.05 bits per heavy atom. The largest absolute Gasteiger partial charge is 0.416 e. The van der Waals surface area contributed by atoms with Crippen molar-refractivity contribution >= 4 is 17.3 Å². The number of alkyl halides is 3. The summed E-state index contributed by atoms with van der Waals surface area (Å²) in [5, 5.41) is 14.7. The predicted molar refractivity (Wildman–Crippen MR) is 74.6 cm³/mol. The monoisotopic (exact) mass is 318 g/mol. The first-order chi connectivity index (χ1) is 10.3. The van der Waals surface area contributed by atoms with Gasteiger partial charge in [0.1, 0.15) is 0 Å². The number of aliphatic hydroxyl groups is 1. The van der Waals surface area contributed by atoms with Crippen molar-refractivity contribution < 1.29 is 27.8 Å². The molecule has 8 heteroatoms. The molecule has 1 saturated heterocycles. The van der Waals surface area contributed by atoms with Crippen LogP contribution in [0.5, 0.6) is 0 Å². The third-order valence-electron chi connectivity index (χ3n) is 3.46. The lowest BCUT2D eigenvalue weighted by atomic mass is 9.87. The van der Waals surface area contributed by atoms with Gasteiger partial charge in [-0.2, -0.15) is 13.2 Å². The molecule has 0 spiro atoms. The molecule has 1 aliphatic heterocycles.